The number of carbonyl (C=O) groups excluding carboxylic acids is 2. The minimum atomic E-state index is -0.753. The zero-order valence-corrected chi connectivity index (χ0v) is 11.6. The molecule has 18 heavy (non-hydrogen) atoms. The van der Waals surface area contributed by atoms with Crippen molar-refractivity contribution < 1.29 is 19.1 Å². The lowest BCUT2D eigenvalue weighted by Crippen LogP contribution is -2.46. The van der Waals surface area contributed by atoms with Crippen LogP contribution in [-0.2, 0) is 19.1 Å². The first-order chi connectivity index (χ1) is 8.35. The Morgan fingerprint density at radius 3 is 2.44 bits per heavy atom. The second kappa shape index (κ2) is 8.05. The van der Waals surface area contributed by atoms with Crippen molar-refractivity contribution in [3.05, 3.63) is 0 Å². The number of ether oxygens (including phenoxy) is 2. The van der Waals surface area contributed by atoms with Gasteiger partial charge in [0.1, 0.15) is 0 Å². The Hall–Kier alpha value is -1.14. The van der Waals surface area contributed by atoms with Gasteiger partial charge in [-0.05, 0) is 26.7 Å². The normalized spacial score (nSPS) is 12.9. The summed E-state index contributed by atoms with van der Waals surface area (Å²) < 4.78 is 9.53. The Morgan fingerprint density at radius 2 is 1.94 bits per heavy atom. The molecule has 0 aromatic carbocycles. The fourth-order valence-corrected chi connectivity index (χ4v) is 1.37. The Balaban J connectivity index is 4.05. The number of nitrogens with one attached hydrogen (secondary N) is 1. The van der Waals surface area contributed by atoms with Crippen molar-refractivity contribution in [1.29, 1.82) is 0 Å². The predicted octanol–water partition coefficient (Wildman–Crippen LogP) is 0.0557. The number of carbonyl (C=O) groups is 2. The molecule has 1 unspecified atom stereocenters. The minimum Gasteiger partial charge on any atom is -0.469 e. The van der Waals surface area contributed by atoms with Crippen molar-refractivity contribution in [1.82, 2.24) is 5.32 Å². The van der Waals surface area contributed by atoms with Gasteiger partial charge in [-0.1, -0.05) is 0 Å². The summed E-state index contributed by atoms with van der Waals surface area (Å²) in [6.07, 6.45) is 1.28. The Kier molecular flexibility index (Phi) is 7.54. The summed E-state index contributed by atoms with van der Waals surface area (Å²) in [5, 5.41) is 2.66. The van der Waals surface area contributed by atoms with Gasteiger partial charge < -0.3 is 20.5 Å². The SMILES string of the molecule is COCCCC(N)C(=O)NCC(C)(C)C(=O)OC. The molecule has 0 aromatic heterocycles. The number of amides is 1. The molecule has 0 aliphatic rings. The van der Waals surface area contributed by atoms with Crippen LogP contribution in [0.25, 0.3) is 0 Å². The average Bonchev–Trinajstić information content (AvgIpc) is 2.34. The van der Waals surface area contributed by atoms with Gasteiger partial charge in [0.05, 0.1) is 18.6 Å². The van der Waals surface area contributed by atoms with Gasteiger partial charge in [0.2, 0.25) is 5.91 Å². The first-order valence-electron chi connectivity index (χ1n) is 5.95. The molecule has 106 valence electrons. The van der Waals surface area contributed by atoms with E-state index in [1.54, 1.807) is 21.0 Å². The molecule has 0 spiro atoms. The molecule has 0 heterocycles. The van der Waals surface area contributed by atoms with E-state index in [9.17, 15) is 9.59 Å². The third-order valence-electron chi connectivity index (χ3n) is 2.64. The van der Waals surface area contributed by atoms with Crippen LogP contribution >= 0.6 is 0 Å². The van der Waals surface area contributed by atoms with Crippen molar-refractivity contribution in [3.63, 3.8) is 0 Å². The highest BCUT2D eigenvalue weighted by Crippen LogP contribution is 2.15. The molecule has 6 heteroatoms. The molecule has 0 fully saturated rings. The van der Waals surface area contributed by atoms with Crippen LogP contribution in [0.15, 0.2) is 0 Å². The molecule has 0 aliphatic heterocycles. The summed E-state index contributed by atoms with van der Waals surface area (Å²) >= 11 is 0. The number of methoxy groups -OCH3 is 2. The van der Waals surface area contributed by atoms with Crippen LogP contribution in [0.2, 0.25) is 0 Å². The molecule has 1 amide bonds. The monoisotopic (exact) mass is 260 g/mol. The van der Waals surface area contributed by atoms with E-state index in [4.69, 9.17) is 10.5 Å². The van der Waals surface area contributed by atoms with Gasteiger partial charge in [-0.15, -0.1) is 0 Å². The summed E-state index contributed by atoms with van der Waals surface area (Å²) in [5.41, 5.74) is 4.96. The van der Waals surface area contributed by atoms with E-state index in [0.29, 0.717) is 13.0 Å². The van der Waals surface area contributed by atoms with Crippen molar-refractivity contribution >= 4 is 11.9 Å². The maximum absolute atomic E-state index is 11.7. The summed E-state index contributed by atoms with van der Waals surface area (Å²) in [6.45, 7) is 4.19. The highest BCUT2D eigenvalue weighted by atomic mass is 16.5. The first kappa shape index (κ1) is 16.9. The van der Waals surface area contributed by atoms with Gasteiger partial charge >= 0.3 is 5.97 Å². The molecule has 0 bridgehead atoms. The van der Waals surface area contributed by atoms with Crippen LogP contribution in [-0.4, -0.2) is 45.3 Å². The molecule has 0 saturated heterocycles. The number of hydrogen-bond donors (Lipinski definition) is 2. The zero-order chi connectivity index (χ0) is 14.2. The van der Waals surface area contributed by atoms with E-state index < -0.39 is 11.5 Å². The molecule has 3 N–H and O–H groups in total. The summed E-state index contributed by atoms with van der Waals surface area (Å²) in [5.74, 6) is -0.626. The molecular formula is C12H24N2O4. The highest BCUT2D eigenvalue weighted by Gasteiger charge is 2.29. The van der Waals surface area contributed by atoms with Gasteiger partial charge in [0.15, 0.2) is 0 Å². The molecule has 0 rings (SSSR count). The Morgan fingerprint density at radius 1 is 1.33 bits per heavy atom. The molecule has 1 atom stereocenters. The molecule has 0 aliphatic carbocycles. The maximum Gasteiger partial charge on any atom is 0.313 e. The number of nitrogens with two attached hydrogens (primary N) is 1. The molecular weight excluding hydrogens is 236 g/mol. The molecule has 6 nitrogen and oxygen atoms in total. The van der Waals surface area contributed by atoms with Gasteiger partial charge in [-0.3, -0.25) is 9.59 Å². The standard InChI is InChI=1S/C12H24N2O4/c1-12(2,11(16)18-4)8-14-10(15)9(13)6-5-7-17-3/h9H,5-8,13H2,1-4H3,(H,14,15). The van der Waals surface area contributed by atoms with E-state index >= 15 is 0 Å². The van der Waals surface area contributed by atoms with Crippen molar-refractivity contribution in [3.8, 4) is 0 Å². The lowest BCUT2D eigenvalue weighted by molar-refractivity contribution is -0.150. The second-order valence-corrected chi connectivity index (χ2v) is 4.83. The van der Waals surface area contributed by atoms with E-state index in [0.717, 1.165) is 6.42 Å². The number of rotatable bonds is 8. The van der Waals surface area contributed by atoms with Crippen LogP contribution < -0.4 is 11.1 Å². The Labute approximate surface area is 108 Å². The smallest absolute Gasteiger partial charge is 0.313 e. The largest absolute Gasteiger partial charge is 0.469 e. The lowest BCUT2D eigenvalue weighted by atomic mass is 9.93. The number of hydrogen-bond acceptors (Lipinski definition) is 5. The fourth-order valence-electron chi connectivity index (χ4n) is 1.37. The van der Waals surface area contributed by atoms with Crippen LogP contribution in [0.3, 0.4) is 0 Å². The second-order valence-electron chi connectivity index (χ2n) is 4.83. The summed E-state index contributed by atoms with van der Waals surface area (Å²) in [6, 6.07) is -0.575. The summed E-state index contributed by atoms with van der Waals surface area (Å²) in [7, 11) is 2.92. The third kappa shape index (κ3) is 5.97. The molecule has 0 radical (unpaired) electrons. The van der Waals surface area contributed by atoms with Crippen LogP contribution in [0.1, 0.15) is 26.7 Å². The Bertz CT molecular complexity index is 279. The van der Waals surface area contributed by atoms with Gasteiger partial charge in [0, 0.05) is 20.3 Å². The van der Waals surface area contributed by atoms with Gasteiger partial charge in [-0.2, -0.15) is 0 Å². The van der Waals surface area contributed by atoms with E-state index in [1.807, 2.05) is 0 Å². The van der Waals surface area contributed by atoms with Crippen molar-refractivity contribution in [2.24, 2.45) is 11.1 Å². The highest BCUT2D eigenvalue weighted by molar-refractivity contribution is 5.83. The van der Waals surface area contributed by atoms with E-state index in [-0.39, 0.29) is 18.4 Å². The molecule has 0 saturated carbocycles. The third-order valence-corrected chi connectivity index (χ3v) is 2.64. The van der Waals surface area contributed by atoms with E-state index in [1.165, 1.54) is 7.11 Å². The van der Waals surface area contributed by atoms with Gasteiger partial charge in [-0.25, -0.2) is 0 Å². The average molecular weight is 260 g/mol. The van der Waals surface area contributed by atoms with Crippen LogP contribution in [0, 0.1) is 5.41 Å². The van der Waals surface area contributed by atoms with Crippen molar-refractivity contribution in [2.75, 3.05) is 27.4 Å². The van der Waals surface area contributed by atoms with Crippen LogP contribution in [0.4, 0.5) is 0 Å². The maximum atomic E-state index is 11.7. The predicted molar refractivity (Wildman–Crippen MR) is 67.9 cm³/mol. The lowest BCUT2D eigenvalue weighted by Gasteiger charge is -2.22. The summed E-state index contributed by atoms with van der Waals surface area (Å²) in [4.78, 5) is 23.1. The first-order valence-corrected chi connectivity index (χ1v) is 5.95. The van der Waals surface area contributed by atoms with Crippen LogP contribution in [0.5, 0.6) is 0 Å². The van der Waals surface area contributed by atoms with Crippen molar-refractivity contribution in [2.45, 2.75) is 32.7 Å². The molecule has 0 aromatic rings. The fraction of sp³-hybridized carbons (Fsp3) is 0.833. The quantitative estimate of drug-likeness (QED) is 0.475. The minimum absolute atomic E-state index is 0.205. The zero-order valence-electron chi connectivity index (χ0n) is 11.6. The van der Waals surface area contributed by atoms with Gasteiger partial charge in [0.25, 0.3) is 0 Å². The van der Waals surface area contributed by atoms with E-state index in [2.05, 4.69) is 10.1 Å². The number of esters is 1. The topological polar surface area (TPSA) is 90.6 Å².